The lowest BCUT2D eigenvalue weighted by Crippen LogP contribution is -2.41. The molecule has 0 aliphatic rings. The number of nitrogens with one attached hydrogen (secondary N) is 1. The van der Waals surface area contributed by atoms with Crippen molar-refractivity contribution in [3.63, 3.8) is 0 Å². The molecule has 0 atom stereocenters. The number of sulfonamides is 1. The Kier molecular flexibility index (Phi) is 7.80. The third-order valence-electron chi connectivity index (χ3n) is 4.15. The molecule has 0 radical (unpaired) electrons. The highest BCUT2D eigenvalue weighted by atomic mass is 32.2. The number of nitrogens with zero attached hydrogens (tertiary/aromatic N) is 1. The number of hydrogen-bond donors (Lipinski definition) is 1. The third-order valence-corrected chi connectivity index (χ3v) is 5.94. The van der Waals surface area contributed by atoms with Gasteiger partial charge in [-0.15, -0.1) is 0 Å². The van der Waals surface area contributed by atoms with Gasteiger partial charge in [-0.3, -0.25) is 9.10 Å². The van der Waals surface area contributed by atoms with Crippen LogP contribution >= 0.6 is 0 Å². The van der Waals surface area contributed by atoms with Gasteiger partial charge in [0.05, 0.1) is 17.7 Å². The number of methoxy groups -OCH3 is 1. The molecule has 2 aromatic carbocycles. The van der Waals surface area contributed by atoms with Gasteiger partial charge in [-0.25, -0.2) is 12.8 Å². The number of carbonyl (C=O) groups is 1. The van der Waals surface area contributed by atoms with Crippen LogP contribution in [0, 0.1) is 5.82 Å². The van der Waals surface area contributed by atoms with Crippen molar-refractivity contribution in [3.05, 3.63) is 54.3 Å². The molecule has 1 amide bonds. The van der Waals surface area contributed by atoms with Crippen LogP contribution in [0.5, 0.6) is 5.75 Å². The number of anilines is 1. The van der Waals surface area contributed by atoms with Crippen molar-refractivity contribution in [2.24, 2.45) is 0 Å². The monoisotopic (exact) mass is 408 g/mol. The molecule has 0 heterocycles. The number of hydrogen-bond acceptors (Lipinski definition) is 4. The minimum Gasteiger partial charge on any atom is -0.497 e. The van der Waals surface area contributed by atoms with Gasteiger partial charge in [0.2, 0.25) is 5.91 Å². The minimum atomic E-state index is -4.03. The zero-order valence-corrected chi connectivity index (χ0v) is 16.8. The highest BCUT2D eigenvalue weighted by Gasteiger charge is 2.27. The normalized spacial score (nSPS) is 11.1. The lowest BCUT2D eigenvalue weighted by Gasteiger charge is -2.24. The Balaban J connectivity index is 2.28. The van der Waals surface area contributed by atoms with Gasteiger partial charge in [-0.2, -0.15) is 0 Å². The first kappa shape index (κ1) is 21.7. The van der Waals surface area contributed by atoms with Crippen molar-refractivity contribution in [2.45, 2.75) is 31.1 Å². The Morgan fingerprint density at radius 3 is 2.29 bits per heavy atom. The van der Waals surface area contributed by atoms with Gasteiger partial charge in [0, 0.05) is 6.54 Å². The topological polar surface area (TPSA) is 75.7 Å². The van der Waals surface area contributed by atoms with Gasteiger partial charge >= 0.3 is 0 Å². The molecular formula is C20H25FN2O4S. The molecule has 152 valence electrons. The molecular weight excluding hydrogens is 383 g/mol. The molecule has 0 aliphatic carbocycles. The lowest BCUT2D eigenvalue weighted by atomic mass is 10.2. The van der Waals surface area contributed by atoms with E-state index in [2.05, 4.69) is 12.2 Å². The minimum absolute atomic E-state index is 0.0106. The Hall–Kier alpha value is -2.61. The number of ether oxygens (including phenoxy) is 1. The molecule has 0 saturated carbocycles. The molecule has 0 saturated heterocycles. The second kappa shape index (κ2) is 10.1. The quantitative estimate of drug-likeness (QED) is 0.612. The van der Waals surface area contributed by atoms with Crippen LogP contribution in [0.3, 0.4) is 0 Å². The average molecular weight is 408 g/mol. The molecule has 1 N–H and O–H groups in total. The van der Waals surface area contributed by atoms with E-state index >= 15 is 0 Å². The van der Waals surface area contributed by atoms with E-state index in [1.807, 2.05) is 0 Å². The van der Waals surface area contributed by atoms with E-state index in [0.717, 1.165) is 35.7 Å². The smallest absolute Gasteiger partial charge is 0.264 e. The summed E-state index contributed by atoms with van der Waals surface area (Å²) >= 11 is 0. The van der Waals surface area contributed by atoms with E-state index in [1.165, 1.54) is 43.5 Å². The Labute approximate surface area is 165 Å². The summed E-state index contributed by atoms with van der Waals surface area (Å²) < 4.78 is 45.6. The fraction of sp³-hybridized carbons (Fsp3) is 0.350. The van der Waals surface area contributed by atoms with E-state index in [4.69, 9.17) is 4.74 Å². The fourth-order valence-corrected chi connectivity index (χ4v) is 4.01. The Bertz CT molecular complexity index is 868. The molecule has 0 fully saturated rings. The number of halogens is 1. The molecule has 8 heteroatoms. The van der Waals surface area contributed by atoms with Crippen molar-refractivity contribution < 1.29 is 22.3 Å². The van der Waals surface area contributed by atoms with Crippen molar-refractivity contribution in [3.8, 4) is 5.75 Å². The van der Waals surface area contributed by atoms with Crippen LogP contribution in [0.1, 0.15) is 26.2 Å². The summed E-state index contributed by atoms with van der Waals surface area (Å²) in [6, 6.07) is 10.9. The summed E-state index contributed by atoms with van der Waals surface area (Å²) in [6.07, 6.45) is 2.82. The lowest BCUT2D eigenvalue weighted by molar-refractivity contribution is -0.119. The van der Waals surface area contributed by atoms with E-state index in [-0.39, 0.29) is 10.6 Å². The van der Waals surface area contributed by atoms with Crippen LogP contribution in [-0.2, 0) is 14.8 Å². The maximum absolute atomic E-state index is 13.3. The standard InChI is InChI=1S/C20H25FN2O4S/c1-3-4-5-14-22-20(24)15-23(17-8-6-16(21)7-9-17)28(25,26)19-12-10-18(27-2)11-13-19/h6-13H,3-5,14-15H2,1-2H3,(H,22,24). The second-order valence-electron chi connectivity index (χ2n) is 6.22. The maximum Gasteiger partial charge on any atom is 0.264 e. The Morgan fingerprint density at radius 1 is 1.07 bits per heavy atom. The first-order chi connectivity index (χ1) is 13.4. The van der Waals surface area contributed by atoms with Gasteiger partial charge in [0.15, 0.2) is 0 Å². The maximum atomic E-state index is 13.3. The largest absolute Gasteiger partial charge is 0.497 e. The first-order valence-corrected chi connectivity index (χ1v) is 10.5. The van der Waals surface area contributed by atoms with E-state index in [1.54, 1.807) is 0 Å². The highest BCUT2D eigenvalue weighted by molar-refractivity contribution is 7.92. The van der Waals surface area contributed by atoms with Crippen LogP contribution < -0.4 is 14.4 Å². The summed E-state index contributed by atoms with van der Waals surface area (Å²) in [5, 5.41) is 2.73. The molecule has 0 unspecified atom stereocenters. The molecule has 2 rings (SSSR count). The van der Waals surface area contributed by atoms with Crippen molar-refractivity contribution in [1.82, 2.24) is 5.32 Å². The van der Waals surface area contributed by atoms with Gasteiger partial charge in [-0.05, 0) is 55.0 Å². The van der Waals surface area contributed by atoms with Gasteiger partial charge < -0.3 is 10.1 Å². The molecule has 28 heavy (non-hydrogen) atoms. The van der Waals surface area contributed by atoms with Gasteiger partial charge in [0.25, 0.3) is 10.0 Å². The number of benzene rings is 2. The average Bonchev–Trinajstić information content (AvgIpc) is 2.70. The van der Waals surface area contributed by atoms with E-state index in [9.17, 15) is 17.6 Å². The number of amides is 1. The SMILES string of the molecule is CCCCCNC(=O)CN(c1ccc(F)cc1)S(=O)(=O)c1ccc(OC)cc1. The molecule has 0 aromatic heterocycles. The zero-order valence-electron chi connectivity index (χ0n) is 16.0. The molecule has 0 spiro atoms. The van der Waals surface area contributed by atoms with Crippen LogP contribution in [0.25, 0.3) is 0 Å². The fourth-order valence-electron chi connectivity index (χ4n) is 2.59. The molecule has 0 aliphatic heterocycles. The van der Waals surface area contributed by atoms with Gasteiger partial charge in [-0.1, -0.05) is 19.8 Å². The zero-order chi connectivity index (χ0) is 20.6. The van der Waals surface area contributed by atoms with Crippen molar-refractivity contribution in [1.29, 1.82) is 0 Å². The predicted molar refractivity (Wildman–Crippen MR) is 106 cm³/mol. The highest BCUT2D eigenvalue weighted by Crippen LogP contribution is 2.25. The number of rotatable bonds is 10. The third kappa shape index (κ3) is 5.69. The first-order valence-electron chi connectivity index (χ1n) is 9.07. The summed E-state index contributed by atoms with van der Waals surface area (Å²) in [4.78, 5) is 12.3. The van der Waals surface area contributed by atoms with E-state index in [0.29, 0.717) is 12.3 Å². The van der Waals surface area contributed by atoms with E-state index < -0.39 is 28.3 Å². The summed E-state index contributed by atoms with van der Waals surface area (Å²) in [6.45, 7) is 2.14. The van der Waals surface area contributed by atoms with Crippen LogP contribution in [0.2, 0.25) is 0 Å². The van der Waals surface area contributed by atoms with Crippen LogP contribution in [-0.4, -0.2) is 34.5 Å². The second-order valence-corrected chi connectivity index (χ2v) is 8.08. The number of unbranched alkanes of at least 4 members (excludes halogenated alkanes) is 2. The summed E-state index contributed by atoms with van der Waals surface area (Å²) in [7, 11) is -2.54. The Morgan fingerprint density at radius 2 is 1.71 bits per heavy atom. The number of carbonyl (C=O) groups excluding carboxylic acids is 1. The van der Waals surface area contributed by atoms with Gasteiger partial charge in [0.1, 0.15) is 18.1 Å². The summed E-state index contributed by atoms with van der Waals surface area (Å²) in [5.74, 6) is -0.395. The van der Waals surface area contributed by atoms with Crippen molar-refractivity contribution >= 4 is 21.6 Å². The van der Waals surface area contributed by atoms with Crippen molar-refractivity contribution in [2.75, 3.05) is 24.5 Å². The summed E-state index contributed by atoms with van der Waals surface area (Å²) in [5.41, 5.74) is 0.209. The molecule has 6 nitrogen and oxygen atoms in total. The predicted octanol–water partition coefficient (Wildman–Crippen LogP) is 3.34. The van der Waals surface area contributed by atoms with Crippen LogP contribution in [0.15, 0.2) is 53.4 Å². The molecule has 0 bridgehead atoms. The van der Waals surface area contributed by atoms with Crippen LogP contribution in [0.4, 0.5) is 10.1 Å². The molecule has 2 aromatic rings.